The summed E-state index contributed by atoms with van der Waals surface area (Å²) in [7, 11) is 0. The summed E-state index contributed by atoms with van der Waals surface area (Å²) in [6, 6.07) is 0. The maximum atomic E-state index is 5.77. The molecule has 0 bridgehead atoms. The standard InChI is InChI=1S/C13H23N5/c1-13(2)6-10(13)11-15-12(17-16-11)18-5-3-4-9(7-14)8-18/h9-10H,3-8,14H2,1-2H3,(H,15,16,17). The molecule has 1 saturated carbocycles. The molecule has 5 heteroatoms. The molecule has 0 spiro atoms. The van der Waals surface area contributed by atoms with Gasteiger partial charge in [0.1, 0.15) is 5.82 Å². The van der Waals surface area contributed by atoms with Crippen LogP contribution in [-0.4, -0.2) is 34.8 Å². The molecule has 0 amide bonds. The predicted octanol–water partition coefficient (Wildman–Crippen LogP) is 1.49. The zero-order valence-electron chi connectivity index (χ0n) is 11.3. The van der Waals surface area contributed by atoms with Crippen molar-refractivity contribution in [2.75, 3.05) is 24.5 Å². The minimum Gasteiger partial charge on any atom is -0.339 e. The second-order valence-corrected chi connectivity index (χ2v) is 6.46. The monoisotopic (exact) mass is 249 g/mol. The smallest absolute Gasteiger partial charge is 0.244 e. The van der Waals surface area contributed by atoms with E-state index in [1.807, 2.05) is 0 Å². The molecule has 1 aliphatic heterocycles. The SMILES string of the molecule is CC1(C)CC1c1nc(N2CCCC(CN)C2)n[nH]1. The average molecular weight is 249 g/mol. The highest BCUT2D eigenvalue weighted by Crippen LogP contribution is 2.57. The first-order valence-corrected chi connectivity index (χ1v) is 6.97. The van der Waals surface area contributed by atoms with Crippen molar-refractivity contribution in [2.45, 2.75) is 39.0 Å². The highest BCUT2D eigenvalue weighted by atomic mass is 15.4. The number of hydrogen-bond acceptors (Lipinski definition) is 4. The van der Waals surface area contributed by atoms with Gasteiger partial charge in [-0.3, -0.25) is 5.10 Å². The molecule has 2 heterocycles. The minimum absolute atomic E-state index is 0.401. The van der Waals surface area contributed by atoms with Crippen molar-refractivity contribution >= 4 is 5.95 Å². The molecule has 18 heavy (non-hydrogen) atoms. The van der Waals surface area contributed by atoms with Crippen LogP contribution in [0.25, 0.3) is 0 Å². The molecule has 0 radical (unpaired) electrons. The fourth-order valence-electron chi connectivity index (χ4n) is 2.94. The molecule has 1 saturated heterocycles. The van der Waals surface area contributed by atoms with E-state index in [1.54, 1.807) is 0 Å². The molecule has 1 aromatic heterocycles. The molecule has 3 N–H and O–H groups in total. The summed E-state index contributed by atoms with van der Waals surface area (Å²) in [6.45, 7) is 7.39. The van der Waals surface area contributed by atoms with E-state index < -0.39 is 0 Å². The van der Waals surface area contributed by atoms with Crippen LogP contribution in [-0.2, 0) is 0 Å². The Balaban J connectivity index is 1.69. The van der Waals surface area contributed by atoms with Crippen LogP contribution < -0.4 is 10.6 Å². The largest absolute Gasteiger partial charge is 0.339 e. The van der Waals surface area contributed by atoms with Crippen molar-refractivity contribution in [1.29, 1.82) is 0 Å². The zero-order chi connectivity index (χ0) is 12.8. The summed E-state index contributed by atoms with van der Waals surface area (Å²) < 4.78 is 0. The summed E-state index contributed by atoms with van der Waals surface area (Å²) in [5, 5.41) is 7.50. The molecule has 100 valence electrons. The van der Waals surface area contributed by atoms with Crippen LogP contribution in [0.2, 0.25) is 0 Å². The Kier molecular flexibility index (Phi) is 2.81. The van der Waals surface area contributed by atoms with Gasteiger partial charge in [-0.1, -0.05) is 13.8 Å². The third-order valence-corrected chi connectivity index (χ3v) is 4.47. The molecule has 2 unspecified atom stereocenters. The van der Waals surface area contributed by atoms with Gasteiger partial charge in [-0.25, -0.2) is 0 Å². The average Bonchev–Trinajstić information content (AvgIpc) is 2.81. The van der Waals surface area contributed by atoms with Crippen molar-refractivity contribution in [2.24, 2.45) is 17.1 Å². The Morgan fingerprint density at radius 2 is 2.28 bits per heavy atom. The quantitative estimate of drug-likeness (QED) is 0.851. The lowest BCUT2D eigenvalue weighted by molar-refractivity contribution is 0.419. The van der Waals surface area contributed by atoms with E-state index >= 15 is 0 Å². The van der Waals surface area contributed by atoms with Crippen molar-refractivity contribution < 1.29 is 0 Å². The van der Waals surface area contributed by atoms with E-state index in [-0.39, 0.29) is 0 Å². The number of aromatic nitrogens is 3. The van der Waals surface area contributed by atoms with Crippen LogP contribution in [0.1, 0.15) is 44.9 Å². The van der Waals surface area contributed by atoms with Gasteiger partial charge in [-0.05, 0) is 37.1 Å². The Bertz CT molecular complexity index is 425. The summed E-state index contributed by atoms with van der Waals surface area (Å²) in [5.74, 6) is 3.09. The summed E-state index contributed by atoms with van der Waals surface area (Å²) >= 11 is 0. The number of aromatic amines is 1. The third-order valence-electron chi connectivity index (χ3n) is 4.47. The maximum absolute atomic E-state index is 5.77. The molecular formula is C13H23N5. The molecule has 0 aromatic carbocycles. The number of nitrogens with zero attached hydrogens (tertiary/aromatic N) is 3. The summed E-state index contributed by atoms with van der Waals surface area (Å²) in [4.78, 5) is 6.95. The van der Waals surface area contributed by atoms with Gasteiger partial charge < -0.3 is 10.6 Å². The first kappa shape index (κ1) is 12.0. The number of nitrogens with one attached hydrogen (secondary N) is 1. The number of H-pyrrole nitrogens is 1. The summed E-state index contributed by atoms with van der Waals surface area (Å²) in [5.41, 5.74) is 6.17. The second-order valence-electron chi connectivity index (χ2n) is 6.46. The lowest BCUT2D eigenvalue weighted by atomic mass is 9.99. The Hall–Kier alpha value is -1.10. The molecule has 2 atom stereocenters. The lowest BCUT2D eigenvalue weighted by Gasteiger charge is -2.31. The van der Waals surface area contributed by atoms with Crippen LogP contribution in [0.5, 0.6) is 0 Å². The normalized spacial score (nSPS) is 30.5. The number of hydrogen-bond donors (Lipinski definition) is 2. The molecule has 2 fully saturated rings. The second kappa shape index (κ2) is 4.23. The molecular weight excluding hydrogens is 226 g/mol. The number of anilines is 1. The van der Waals surface area contributed by atoms with E-state index in [0.29, 0.717) is 17.3 Å². The van der Waals surface area contributed by atoms with Gasteiger partial charge in [0.25, 0.3) is 0 Å². The topological polar surface area (TPSA) is 70.8 Å². The van der Waals surface area contributed by atoms with Crippen molar-refractivity contribution in [3.05, 3.63) is 5.82 Å². The van der Waals surface area contributed by atoms with Crippen molar-refractivity contribution in [1.82, 2.24) is 15.2 Å². The molecule has 3 rings (SSSR count). The Morgan fingerprint density at radius 1 is 1.50 bits per heavy atom. The summed E-state index contributed by atoms with van der Waals surface area (Å²) in [6.07, 6.45) is 3.65. The van der Waals surface area contributed by atoms with Crippen LogP contribution in [0.4, 0.5) is 5.95 Å². The minimum atomic E-state index is 0.401. The van der Waals surface area contributed by atoms with Crippen molar-refractivity contribution in [3.8, 4) is 0 Å². The number of piperidine rings is 1. The molecule has 5 nitrogen and oxygen atoms in total. The fraction of sp³-hybridized carbons (Fsp3) is 0.846. The van der Waals surface area contributed by atoms with Crippen LogP contribution in [0.3, 0.4) is 0 Å². The van der Waals surface area contributed by atoms with Crippen molar-refractivity contribution in [3.63, 3.8) is 0 Å². The predicted molar refractivity (Wildman–Crippen MR) is 71.5 cm³/mol. The van der Waals surface area contributed by atoms with Crippen LogP contribution in [0, 0.1) is 11.3 Å². The first-order valence-electron chi connectivity index (χ1n) is 6.97. The highest BCUT2D eigenvalue weighted by Gasteiger charge is 2.48. The molecule has 1 aliphatic carbocycles. The third kappa shape index (κ3) is 2.11. The van der Waals surface area contributed by atoms with Gasteiger partial charge in [-0.15, -0.1) is 5.10 Å². The molecule has 1 aromatic rings. The van der Waals surface area contributed by atoms with Gasteiger partial charge in [0.15, 0.2) is 0 Å². The fourth-order valence-corrected chi connectivity index (χ4v) is 2.94. The first-order chi connectivity index (χ1) is 8.60. The Morgan fingerprint density at radius 3 is 2.94 bits per heavy atom. The zero-order valence-corrected chi connectivity index (χ0v) is 11.3. The lowest BCUT2D eigenvalue weighted by Crippen LogP contribution is -2.39. The maximum Gasteiger partial charge on any atom is 0.244 e. The number of nitrogens with two attached hydrogens (primary N) is 1. The molecule has 2 aliphatic rings. The van der Waals surface area contributed by atoms with Crippen LogP contribution in [0.15, 0.2) is 0 Å². The van der Waals surface area contributed by atoms with Crippen LogP contribution >= 0.6 is 0 Å². The van der Waals surface area contributed by atoms with Gasteiger partial charge in [0.2, 0.25) is 5.95 Å². The van der Waals surface area contributed by atoms with E-state index in [4.69, 9.17) is 5.73 Å². The van der Waals surface area contributed by atoms with E-state index in [2.05, 4.69) is 33.9 Å². The van der Waals surface area contributed by atoms with Gasteiger partial charge in [0.05, 0.1) is 0 Å². The number of rotatable bonds is 3. The Labute approximate surface area is 108 Å². The van der Waals surface area contributed by atoms with Gasteiger partial charge in [0, 0.05) is 19.0 Å². The highest BCUT2D eigenvalue weighted by molar-refractivity contribution is 5.31. The van der Waals surface area contributed by atoms with E-state index in [9.17, 15) is 0 Å². The van der Waals surface area contributed by atoms with Gasteiger partial charge >= 0.3 is 0 Å². The van der Waals surface area contributed by atoms with E-state index in [1.165, 1.54) is 19.3 Å². The van der Waals surface area contributed by atoms with Gasteiger partial charge in [-0.2, -0.15) is 4.98 Å². The van der Waals surface area contributed by atoms with E-state index in [0.717, 1.165) is 31.4 Å².